The molecule has 1 heterocycles. The van der Waals surface area contributed by atoms with E-state index in [9.17, 15) is 4.79 Å². The lowest BCUT2D eigenvalue weighted by Crippen LogP contribution is -2.19. The summed E-state index contributed by atoms with van der Waals surface area (Å²) in [5, 5.41) is 0.293. The van der Waals surface area contributed by atoms with Gasteiger partial charge in [0.2, 0.25) is 0 Å². The molecule has 0 unspecified atom stereocenters. The molecule has 12 heavy (non-hydrogen) atoms. The molecule has 0 N–H and O–H groups in total. The van der Waals surface area contributed by atoms with Gasteiger partial charge in [0.05, 0.1) is 7.11 Å². The topological polar surface area (TPSA) is 39.2 Å². The van der Waals surface area contributed by atoms with Crippen molar-refractivity contribution in [3.63, 3.8) is 0 Å². The summed E-state index contributed by atoms with van der Waals surface area (Å²) in [6, 6.07) is 3.35. The number of hydrogen-bond donors (Lipinski definition) is 0. The van der Waals surface area contributed by atoms with Gasteiger partial charge in [-0.3, -0.25) is 0 Å². The van der Waals surface area contributed by atoms with Gasteiger partial charge in [0, 0.05) is 0 Å². The molecule has 62 valence electrons. The van der Waals surface area contributed by atoms with Crippen LogP contribution in [0.5, 0.6) is 0 Å². The van der Waals surface area contributed by atoms with E-state index < -0.39 is 5.97 Å². The second kappa shape index (κ2) is 3.58. The maximum atomic E-state index is 11.0. The summed E-state index contributed by atoms with van der Waals surface area (Å²) in [4.78, 5) is 14.9. The average Bonchev–Trinajstić information content (AvgIpc) is 2.08. The predicted molar refractivity (Wildman–Crippen MR) is 48.8 cm³/mol. The molecule has 3 nitrogen and oxygen atoms in total. The molecule has 0 saturated carbocycles. The van der Waals surface area contributed by atoms with Crippen molar-refractivity contribution in [2.45, 2.75) is 0 Å². The van der Waals surface area contributed by atoms with Gasteiger partial charge in [0.25, 0.3) is 0 Å². The highest BCUT2D eigenvalue weighted by molar-refractivity contribution is 6.36. The van der Waals surface area contributed by atoms with Crippen molar-refractivity contribution in [3.05, 3.63) is 23.0 Å². The summed E-state index contributed by atoms with van der Waals surface area (Å²) in [6.45, 7) is 0. The number of hydrogen-bond acceptors (Lipinski definition) is 3. The first-order valence-corrected chi connectivity index (χ1v) is 3.74. The van der Waals surface area contributed by atoms with E-state index in [0.717, 1.165) is 5.46 Å². The van der Waals surface area contributed by atoms with Gasteiger partial charge < -0.3 is 4.74 Å². The molecule has 0 amide bonds. The van der Waals surface area contributed by atoms with E-state index in [1.807, 2.05) is 0 Å². The molecule has 0 aromatic carbocycles. The molecule has 0 saturated heterocycles. The number of halogens is 1. The van der Waals surface area contributed by atoms with Crippen molar-refractivity contribution in [3.8, 4) is 0 Å². The number of ether oxygens (including phenoxy) is 1. The first-order chi connectivity index (χ1) is 5.65. The Morgan fingerprint density at radius 2 is 2.33 bits per heavy atom. The Morgan fingerprint density at radius 3 is 2.92 bits per heavy atom. The van der Waals surface area contributed by atoms with E-state index in [1.54, 1.807) is 20.0 Å². The summed E-state index contributed by atoms with van der Waals surface area (Å²) in [5.74, 6) is -0.463. The molecular formula is C7H7BClNO2. The van der Waals surface area contributed by atoms with E-state index in [-0.39, 0.29) is 5.69 Å². The fraction of sp³-hybridized carbons (Fsp3) is 0.143. The Hall–Kier alpha value is -1.03. The molecule has 0 spiro atoms. The van der Waals surface area contributed by atoms with Crippen LogP contribution in [0, 0.1) is 0 Å². The molecule has 0 fully saturated rings. The molecule has 0 bridgehead atoms. The van der Waals surface area contributed by atoms with Crippen molar-refractivity contribution in [2.24, 2.45) is 0 Å². The Bertz CT molecular complexity index is 316. The van der Waals surface area contributed by atoms with Gasteiger partial charge in [-0.1, -0.05) is 23.1 Å². The number of methoxy groups -OCH3 is 1. The van der Waals surface area contributed by atoms with Crippen LogP contribution in [0.4, 0.5) is 0 Å². The molecule has 0 aliphatic carbocycles. The number of pyridine rings is 1. The SMILES string of the molecule is Bc1ccc(Cl)nc1C(=O)OC. The predicted octanol–water partition coefficient (Wildman–Crippen LogP) is -0.220. The molecule has 0 aliphatic heterocycles. The van der Waals surface area contributed by atoms with E-state index in [2.05, 4.69) is 9.72 Å². The summed E-state index contributed by atoms with van der Waals surface area (Å²) in [5.41, 5.74) is 1.02. The van der Waals surface area contributed by atoms with E-state index >= 15 is 0 Å². The molecule has 0 aliphatic rings. The van der Waals surface area contributed by atoms with Crippen LogP contribution < -0.4 is 5.46 Å². The van der Waals surface area contributed by atoms with E-state index in [0.29, 0.717) is 5.15 Å². The van der Waals surface area contributed by atoms with Crippen LogP contribution in [-0.4, -0.2) is 25.9 Å². The minimum atomic E-state index is -0.463. The zero-order valence-corrected chi connectivity index (χ0v) is 7.55. The zero-order chi connectivity index (χ0) is 9.14. The lowest BCUT2D eigenvalue weighted by Gasteiger charge is -2.01. The second-order valence-electron chi connectivity index (χ2n) is 2.29. The van der Waals surface area contributed by atoms with Crippen LogP contribution in [0.2, 0.25) is 5.15 Å². The molecular weight excluding hydrogens is 176 g/mol. The van der Waals surface area contributed by atoms with Crippen molar-refractivity contribution < 1.29 is 9.53 Å². The van der Waals surface area contributed by atoms with Crippen LogP contribution in [0.3, 0.4) is 0 Å². The highest BCUT2D eigenvalue weighted by Crippen LogP contribution is 2.03. The first kappa shape index (κ1) is 9.07. The lowest BCUT2D eigenvalue weighted by molar-refractivity contribution is 0.0596. The first-order valence-electron chi connectivity index (χ1n) is 3.36. The highest BCUT2D eigenvalue weighted by atomic mass is 35.5. The third kappa shape index (κ3) is 1.77. The smallest absolute Gasteiger partial charge is 0.356 e. The summed E-state index contributed by atoms with van der Waals surface area (Å²) in [6.07, 6.45) is 0. The zero-order valence-electron chi connectivity index (χ0n) is 6.80. The van der Waals surface area contributed by atoms with Gasteiger partial charge in [-0.15, -0.1) is 0 Å². The molecule has 0 atom stereocenters. The fourth-order valence-electron chi connectivity index (χ4n) is 0.808. The largest absolute Gasteiger partial charge is 0.464 e. The third-order valence-electron chi connectivity index (χ3n) is 1.44. The minimum absolute atomic E-state index is 0.269. The molecule has 0 radical (unpaired) electrons. The summed E-state index contributed by atoms with van der Waals surface area (Å²) >= 11 is 5.60. The van der Waals surface area contributed by atoms with Gasteiger partial charge in [-0.05, 0) is 6.07 Å². The van der Waals surface area contributed by atoms with Crippen LogP contribution in [-0.2, 0) is 4.74 Å². The monoisotopic (exact) mass is 183 g/mol. The Labute approximate surface area is 76.1 Å². The van der Waals surface area contributed by atoms with Crippen LogP contribution in [0.1, 0.15) is 10.5 Å². The standard InChI is InChI=1S/C7H7BClNO2/c1-12-7(11)6-4(8)2-3-5(9)10-6/h2-3H,8H2,1H3. The van der Waals surface area contributed by atoms with Gasteiger partial charge in [0.15, 0.2) is 0 Å². The van der Waals surface area contributed by atoms with Crippen molar-refractivity contribution in [1.29, 1.82) is 0 Å². The molecule has 1 aromatic rings. The highest BCUT2D eigenvalue weighted by Gasteiger charge is 2.10. The normalized spacial score (nSPS) is 9.50. The summed E-state index contributed by atoms with van der Waals surface area (Å²) in [7, 11) is 3.08. The van der Waals surface area contributed by atoms with Crippen LogP contribution >= 0.6 is 11.6 Å². The maximum absolute atomic E-state index is 11.0. The van der Waals surface area contributed by atoms with Gasteiger partial charge in [-0.2, -0.15) is 0 Å². The van der Waals surface area contributed by atoms with E-state index in [4.69, 9.17) is 11.6 Å². The van der Waals surface area contributed by atoms with Gasteiger partial charge >= 0.3 is 5.97 Å². The minimum Gasteiger partial charge on any atom is -0.464 e. The number of carbonyl (C=O) groups is 1. The fourth-order valence-corrected chi connectivity index (χ4v) is 0.956. The second-order valence-corrected chi connectivity index (χ2v) is 2.68. The third-order valence-corrected chi connectivity index (χ3v) is 1.65. The molecule has 5 heteroatoms. The van der Waals surface area contributed by atoms with Crippen molar-refractivity contribution in [1.82, 2.24) is 4.98 Å². The number of aromatic nitrogens is 1. The number of esters is 1. The van der Waals surface area contributed by atoms with Crippen LogP contribution in [0.25, 0.3) is 0 Å². The molecule has 1 aromatic heterocycles. The maximum Gasteiger partial charge on any atom is 0.356 e. The number of carbonyl (C=O) groups excluding carboxylic acids is 1. The Kier molecular flexibility index (Phi) is 2.71. The Morgan fingerprint density at radius 1 is 1.67 bits per heavy atom. The Balaban J connectivity index is 3.13. The number of rotatable bonds is 1. The molecule has 1 rings (SSSR count). The van der Waals surface area contributed by atoms with Crippen molar-refractivity contribution >= 4 is 30.9 Å². The van der Waals surface area contributed by atoms with Gasteiger partial charge in [-0.25, -0.2) is 9.78 Å². The quantitative estimate of drug-likeness (QED) is 0.343. The number of nitrogens with zero attached hydrogens (tertiary/aromatic N) is 1. The lowest BCUT2D eigenvalue weighted by atomic mass is 9.94. The van der Waals surface area contributed by atoms with Crippen molar-refractivity contribution in [2.75, 3.05) is 7.11 Å². The van der Waals surface area contributed by atoms with E-state index in [1.165, 1.54) is 7.11 Å². The van der Waals surface area contributed by atoms with Gasteiger partial charge in [0.1, 0.15) is 18.7 Å². The summed E-state index contributed by atoms with van der Waals surface area (Å²) < 4.78 is 4.51. The van der Waals surface area contributed by atoms with Crippen LogP contribution in [0.15, 0.2) is 12.1 Å². The average molecular weight is 183 g/mol.